The molecule has 1 fully saturated rings. The Kier molecular flexibility index (Phi) is 4.25. The average Bonchev–Trinajstić information content (AvgIpc) is 3.09. The van der Waals surface area contributed by atoms with Crippen LogP contribution in [-0.4, -0.2) is 27.9 Å². The van der Waals surface area contributed by atoms with E-state index in [2.05, 4.69) is 38.7 Å². The van der Waals surface area contributed by atoms with Crippen LogP contribution in [0.15, 0.2) is 24.5 Å². The second-order valence-corrected chi connectivity index (χ2v) is 5.69. The van der Waals surface area contributed by atoms with E-state index in [1.807, 2.05) is 0 Å². The van der Waals surface area contributed by atoms with Crippen molar-refractivity contribution in [1.29, 1.82) is 10.5 Å². The summed E-state index contributed by atoms with van der Waals surface area (Å²) in [6.07, 6.45) is 3.82. The number of hydrogen-bond acceptors (Lipinski definition) is 5. The van der Waals surface area contributed by atoms with Gasteiger partial charge in [0.15, 0.2) is 0 Å². The Balaban J connectivity index is 1.94. The molecule has 3 rings (SSSR count). The minimum absolute atomic E-state index is 0.268. The van der Waals surface area contributed by atoms with Gasteiger partial charge in [-0.3, -0.25) is 0 Å². The van der Waals surface area contributed by atoms with Crippen LogP contribution in [0.3, 0.4) is 0 Å². The number of nitriles is 2. The third-order valence-corrected chi connectivity index (χ3v) is 4.37. The van der Waals surface area contributed by atoms with Gasteiger partial charge < -0.3 is 9.47 Å². The van der Waals surface area contributed by atoms with E-state index in [0.29, 0.717) is 11.1 Å². The molecule has 0 N–H and O–H groups in total. The van der Waals surface area contributed by atoms with Gasteiger partial charge >= 0.3 is 0 Å². The fourth-order valence-electron chi connectivity index (χ4n) is 3.28. The maximum atomic E-state index is 9.39. The minimum atomic E-state index is 0.268. The molecule has 0 amide bonds. The van der Waals surface area contributed by atoms with Crippen LogP contribution in [0.1, 0.15) is 42.6 Å². The molecule has 1 saturated heterocycles. The van der Waals surface area contributed by atoms with Crippen LogP contribution in [0.4, 0.5) is 5.69 Å². The lowest BCUT2D eigenvalue weighted by Gasteiger charge is -2.35. The summed E-state index contributed by atoms with van der Waals surface area (Å²) in [5.41, 5.74) is 1.87. The first-order chi connectivity index (χ1) is 11.3. The standard InChI is InChI=1S/C17H18N6/c1-2-22-12-20-21-17(22)15-7-4-8-23(11-15)16-13(9-18)5-3-6-14(16)10-19/h3,5-6,12,15H,2,4,7-8,11H2,1H3. The number of hydrogen-bond donors (Lipinski definition) is 0. The summed E-state index contributed by atoms with van der Waals surface area (Å²) in [7, 11) is 0. The highest BCUT2D eigenvalue weighted by Gasteiger charge is 2.27. The van der Waals surface area contributed by atoms with E-state index in [-0.39, 0.29) is 5.92 Å². The molecule has 1 atom stereocenters. The van der Waals surface area contributed by atoms with Gasteiger partial charge in [0.05, 0.1) is 16.8 Å². The maximum Gasteiger partial charge on any atom is 0.137 e. The first-order valence-corrected chi connectivity index (χ1v) is 7.84. The third-order valence-electron chi connectivity index (χ3n) is 4.37. The topological polar surface area (TPSA) is 81.5 Å². The van der Waals surface area contributed by atoms with E-state index in [4.69, 9.17) is 0 Å². The normalized spacial score (nSPS) is 17.5. The summed E-state index contributed by atoms with van der Waals surface area (Å²) in [5.74, 6) is 1.26. The number of aromatic nitrogens is 3. The number of piperidine rings is 1. The second kappa shape index (κ2) is 6.50. The van der Waals surface area contributed by atoms with Crippen LogP contribution in [-0.2, 0) is 6.54 Å². The van der Waals surface area contributed by atoms with Crippen molar-refractivity contribution in [2.75, 3.05) is 18.0 Å². The fourth-order valence-corrected chi connectivity index (χ4v) is 3.28. The molecule has 1 aliphatic rings. The van der Waals surface area contributed by atoms with Crippen LogP contribution in [0.2, 0.25) is 0 Å². The Morgan fingerprint density at radius 2 is 2.00 bits per heavy atom. The van der Waals surface area contributed by atoms with Gasteiger partial charge in [-0.2, -0.15) is 10.5 Å². The first-order valence-electron chi connectivity index (χ1n) is 7.84. The summed E-state index contributed by atoms with van der Waals surface area (Å²) in [6.45, 7) is 4.53. The van der Waals surface area contributed by atoms with Crippen molar-refractivity contribution in [2.24, 2.45) is 0 Å². The van der Waals surface area contributed by atoms with E-state index < -0.39 is 0 Å². The molecule has 1 aromatic heterocycles. The molecular formula is C17H18N6. The number of rotatable bonds is 3. The summed E-state index contributed by atoms with van der Waals surface area (Å²) in [4.78, 5) is 2.15. The van der Waals surface area contributed by atoms with Crippen molar-refractivity contribution in [2.45, 2.75) is 32.2 Å². The molecule has 2 heterocycles. The van der Waals surface area contributed by atoms with Crippen LogP contribution < -0.4 is 4.90 Å². The SMILES string of the molecule is CCn1cnnc1C1CCCN(c2c(C#N)cccc2C#N)C1. The Bertz CT molecular complexity index is 747. The Morgan fingerprint density at radius 3 is 2.65 bits per heavy atom. The van der Waals surface area contributed by atoms with Gasteiger partial charge in [-0.05, 0) is 31.9 Å². The smallest absolute Gasteiger partial charge is 0.137 e. The van der Waals surface area contributed by atoms with Crippen LogP contribution >= 0.6 is 0 Å². The number of anilines is 1. The Labute approximate surface area is 135 Å². The number of benzene rings is 1. The first kappa shape index (κ1) is 15.1. The molecule has 1 unspecified atom stereocenters. The minimum Gasteiger partial charge on any atom is -0.369 e. The summed E-state index contributed by atoms with van der Waals surface area (Å²) >= 11 is 0. The van der Waals surface area contributed by atoms with Gasteiger partial charge in [0.2, 0.25) is 0 Å². The van der Waals surface area contributed by atoms with Gasteiger partial charge in [0.25, 0.3) is 0 Å². The zero-order chi connectivity index (χ0) is 16.2. The highest BCUT2D eigenvalue weighted by atomic mass is 15.3. The molecule has 0 aliphatic carbocycles. The van der Waals surface area contributed by atoms with Crippen LogP contribution in [0.5, 0.6) is 0 Å². The molecule has 2 aromatic rings. The molecule has 1 aromatic carbocycles. The molecule has 116 valence electrons. The third kappa shape index (κ3) is 2.76. The predicted octanol–water partition coefficient (Wildman–Crippen LogP) is 2.43. The molecular weight excluding hydrogens is 288 g/mol. The monoisotopic (exact) mass is 306 g/mol. The van der Waals surface area contributed by atoms with Crippen molar-refractivity contribution in [3.8, 4) is 12.1 Å². The molecule has 1 aliphatic heterocycles. The number of aryl methyl sites for hydroxylation is 1. The largest absolute Gasteiger partial charge is 0.369 e. The number of nitrogens with zero attached hydrogens (tertiary/aromatic N) is 6. The summed E-state index contributed by atoms with van der Waals surface area (Å²) in [6, 6.07) is 9.73. The summed E-state index contributed by atoms with van der Waals surface area (Å²) < 4.78 is 2.07. The second-order valence-electron chi connectivity index (χ2n) is 5.69. The predicted molar refractivity (Wildman–Crippen MR) is 85.8 cm³/mol. The molecule has 0 spiro atoms. The summed E-state index contributed by atoms with van der Waals surface area (Å²) in [5, 5.41) is 27.1. The van der Waals surface area contributed by atoms with Gasteiger partial charge in [-0.1, -0.05) is 6.07 Å². The van der Waals surface area contributed by atoms with Crippen molar-refractivity contribution >= 4 is 5.69 Å². The van der Waals surface area contributed by atoms with Crippen molar-refractivity contribution < 1.29 is 0 Å². The maximum absolute atomic E-state index is 9.39. The Morgan fingerprint density at radius 1 is 1.26 bits per heavy atom. The van der Waals surface area contributed by atoms with Gasteiger partial charge in [-0.15, -0.1) is 10.2 Å². The highest BCUT2D eigenvalue weighted by molar-refractivity contribution is 5.68. The average molecular weight is 306 g/mol. The number of para-hydroxylation sites is 1. The molecule has 0 radical (unpaired) electrons. The molecule has 6 nitrogen and oxygen atoms in total. The molecule has 6 heteroatoms. The van der Waals surface area contributed by atoms with Crippen molar-refractivity contribution in [3.63, 3.8) is 0 Å². The van der Waals surface area contributed by atoms with E-state index >= 15 is 0 Å². The van der Waals surface area contributed by atoms with Crippen LogP contribution in [0, 0.1) is 22.7 Å². The lowest BCUT2D eigenvalue weighted by molar-refractivity contribution is 0.473. The van der Waals surface area contributed by atoms with Gasteiger partial charge in [0.1, 0.15) is 24.3 Å². The highest BCUT2D eigenvalue weighted by Crippen LogP contribution is 2.32. The van der Waals surface area contributed by atoms with E-state index in [1.165, 1.54) is 0 Å². The zero-order valence-corrected chi connectivity index (χ0v) is 13.1. The van der Waals surface area contributed by atoms with E-state index in [0.717, 1.165) is 44.0 Å². The molecule has 0 saturated carbocycles. The Hall–Kier alpha value is -2.86. The lowest BCUT2D eigenvalue weighted by Crippen LogP contribution is -2.36. The van der Waals surface area contributed by atoms with Gasteiger partial charge in [0, 0.05) is 25.6 Å². The van der Waals surface area contributed by atoms with E-state index in [9.17, 15) is 10.5 Å². The van der Waals surface area contributed by atoms with Crippen LogP contribution in [0.25, 0.3) is 0 Å². The lowest BCUT2D eigenvalue weighted by atomic mass is 9.95. The molecule has 0 bridgehead atoms. The quantitative estimate of drug-likeness (QED) is 0.870. The van der Waals surface area contributed by atoms with E-state index in [1.54, 1.807) is 24.5 Å². The van der Waals surface area contributed by atoms with Crippen molar-refractivity contribution in [1.82, 2.24) is 14.8 Å². The fraction of sp³-hybridized carbons (Fsp3) is 0.412. The molecule has 23 heavy (non-hydrogen) atoms. The zero-order valence-electron chi connectivity index (χ0n) is 13.1. The van der Waals surface area contributed by atoms with Gasteiger partial charge in [-0.25, -0.2) is 0 Å². The van der Waals surface area contributed by atoms with Crippen molar-refractivity contribution in [3.05, 3.63) is 41.5 Å².